The molecule has 0 aliphatic rings. The van der Waals surface area contributed by atoms with Crippen LogP contribution in [0.4, 0.5) is 10.7 Å². The molecule has 0 fully saturated rings. The summed E-state index contributed by atoms with van der Waals surface area (Å²) < 4.78 is 0. The van der Waals surface area contributed by atoms with Crippen molar-refractivity contribution in [3.63, 3.8) is 0 Å². The largest absolute Gasteiger partial charge is 0.397 e. The Kier molecular flexibility index (Phi) is 6.68. The molecule has 0 saturated carbocycles. The van der Waals surface area contributed by atoms with E-state index in [1.54, 1.807) is 0 Å². The zero-order valence-electron chi connectivity index (χ0n) is 13.0. The van der Waals surface area contributed by atoms with E-state index in [1.807, 2.05) is 0 Å². The zero-order valence-corrected chi connectivity index (χ0v) is 13.8. The zero-order chi connectivity index (χ0) is 16.0. The molecule has 1 atom stereocenters. The minimum atomic E-state index is -0.593. The van der Waals surface area contributed by atoms with Gasteiger partial charge in [0.25, 0.3) is 5.91 Å². The number of hydrogen-bond acceptors (Lipinski definition) is 5. The number of carbonyl (C=O) groups is 2. The Morgan fingerprint density at radius 3 is 2.38 bits per heavy atom. The maximum atomic E-state index is 11.6. The van der Waals surface area contributed by atoms with Gasteiger partial charge in [-0.2, -0.15) is 0 Å². The number of hydrogen-bond donors (Lipinski definition) is 3. The number of unbranched alkanes of at least 4 members (excludes halogenated alkanes) is 1. The highest BCUT2D eigenvalue weighted by atomic mass is 32.1. The maximum Gasteiger partial charge on any atom is 0.253 e. The molecule has 118 valence electrons. The van der Waals surface area contributed by atoms with Gasteiger partial charge in [0.2, 0.25) is 0 Å². The second kappa shape index (κ2) is 8.02. The van der Waals surface area contributed by atoms with Crippen molar-refractivity contribution in [2.45, 2.75) is 58.9 Å². The topological polar surface area (TPSA) is 98.2 Å². The molecule has 5 nitrogen and oxygen atoms in total. The number of nitrogens with one attached hydrogen (secondary N) is 1. The molecule has 6 heteroatoms. The molecular weight excluding hydrogens is 286 g/mol. The third kappa shape index (κ3) is 4.46. The van der Waals surface area contributed by atoms with Crippen molar-refractivity contribution in [1.82, 2.24) is 0 Å². The SMILES string of the molecule is CCCCC(CCC)Nc1sc(C(C)=O)c(N)c1C(N)=O. The first-order valence-electron chi connectivity index (χ1n) is 7.41. The van der Waals surface area contributed by atoms with Crippen molar-refractivity contribution in [2.24, 2.45) is 5.73 Å². The number of anilines is 2. The highest BCUT2D eigenvalue weighted by Crippen LogP contribution is 2.36. The molecule has 0 bridgehead atoms. The number of primary amides is 1. The normalized spacial score (nSPS) is 12.1. The van der Waals surface area contributed by atoms with Crippen LogP contribution in [0.5, 0.6) is 0 Å². The number of rotatable bonds is 9. The van der Waals surface area contributed by atoms with E-state index in [0.717, 1.165) is 32.1 Å². The lowest BCUT2D eigenvalue weighted by Crippen LogP contribution is -2.21. The molecule has 0 saturated heterocycles. The van der Waals surface area contributed by atoms with E-state index < -0.39 is 5.91 Å². The van der Waals surface area contributed by atoms with Crippen molar-refractivity contribution in [1.29, 1.82) is 0 Å². The first-order chi connectivity index (χ1) is 9.92. The number of ketones is 1. The van der Waals surface area contributed by atoms with Crippen LogP contribution in [0.25, 0.3) is 0 Å². The number of Topliss-reactive ketones (excluding diaryl/α,β-unsaturated/α-hetero) is 1. The first kappa shape index (κ1) is 17.5. The number of nitrogen functional groups attached to an aromatic ring is 1. The number of carbonyl (C=O) groups excluding carboxylic acids is 2. The van der Waals surface area contributed by atoms with Crippen LogP contribution >= 0.6 is 11.3 Å². The van der Waals surface area contributed by atoms with Gasteiger partial charge in [-0.1, -0.05) is 33.1 Å². The van der Waals surface area contributed by atoms with E-state index in [-0.39, 0.29) is 23.1 Å². The fraction of sp³-hybridized carbons (Fsp3) is 0.600. The lowest BCUT2D eigenvalue weighted by atomic mass is 10.0. The fourth-order valence-corrected chi connectivity index (χ4v) is 3.42. The summed E-state index contributed by atoms with van der Waals surface area (Å²) in [6, 6.07) is 0.269. The minimum absolute atomic E-state index is 0.145. The standard InChI is InChI=1S/C15H25N3O2S/c1-4-6-8-10(7-5-2)18-15-11(14(17)20)12(16)13(21-15)9(3)19/h10,18H,4-8,16H2,1-3H3,(H2,17,20). The molecule has 0 aliphatic heterocycles. The second-order valence-corrected chi connectivity index (χ2v) is 6.26. The molecule has 21 heavy (non-hydrogen) atoms. The summed E-state index contributed by atoms with van der Waals surface area (Å²) in [5, 5.41) is 3.99. The number of amides is 1. The summed E-state index contributed by atoms with van der Waals surface area (Å²) >= 11 is 1.22. The summed E-state index contributed by atoms with van der Waals surface area (Å²) in [6.45, 7) is 5.71. The Hall–Kier alpha value is -1.56. The van der Waals surface area contributed by atoms with Crippen LogP contribution < -0.4 is 16.8 Å². The molecule has 1 heterocycles. The molecule has 5 N–H and O–H groups in total. The van der Waals surface area contributed by atoms with Crippen LogP contribution in [0, 0.1) is 0 Å². The highest BCUT2D eigenvalue weighted by Gasteiger charge is 2.23. The smallest absolute Gasteiger partial charge is 0.253 e. The Balaban J connectivity index is 3.06. The average molecular weight is 311 g/mol. The third-order valence-corrected chi connectivity index (χ3v) is 4.63. The van der Waals surface area contributed by atoms with Crippen molar-refractivity contribution < 1.29 is 9.59 Å². The van der Waals surface area contributed by atoms with E-state index in [9.17, 15) is 9.59 Å². The van der Waals surface area contributed by atoms with Crippen LogP contribution in [-0.2, 0) is 0 Å². The molecule has 0 radical (unpaired) electrons. The predicted molar refractivity (Wildman–Crippen MR) is 89.1 cm³/mol. The van der Waals surface area contributed by atoms with Gasteiger partial charge in [0.15, 0.2) is 5.78 Å². The van der Waals surface area contributed by atoms with Gasteiger partial charge >= 0.3 is 0 Å². The van der Waals surface area contributed by atoms with Crippen molar-refractivity contribution in [3.8, 4) is 0 Å². The number of nitrogens with two attached hydrogens (primary N) is 2. The number of thiophene rings is 1. The van der Waals surface area contributed by atoms with Crippen LogP contribution in [0.3, 0.4) is 0 Å². The lowest BCUT2D eigenvalue weighted by molar-refractivity contribution is 0.100. The van der Waals surface area contributed by atoms with Crippen LogP contribution in [-0.4, -0.2) is 17.7 Å². The highest BCUT2D eigenvalue weighted by molar-refractivity contribution is 7.19. The Morgan fingerprint density at radius 2 is 1.90 bits per heavy atom. The van der Waals surface area contributed by atoms with Crippen LogP contribution in [0.2, 0.25) is 0 Å². The molecule has 1 unspecified atom stereocenters. The van der Waals surface area contributed by atoms with E-state index in [1.165, 1.54) is 18.3 Å². The Bertz CT molecular complexity index is 511. The fourth-order valence-electron chi connectivity index (χ4n) is 2.32. The average Bonchev–Trinajstić information content (AvgIpc) is 2.73. The summed E-state index contributed by atoms with van der Waals surface area (Å²) in [4.78, 5) is 23.6. The van der Waals surface area contributed by atoms with E-state index in [2.05, 4.69) is 19.2 Å². The summed E-state index contributed by atoms with van der Waals surface area (Å²) in [5.74, 6) is -0.738. The molecule has 0 aromatic carbocycles. The van der Waals surface area contributed by atoms with E-state index >= 15 is 0 Å². The summed E-state index contributed by atoms with van der Waals surface area (Å²) in [5.41, 5.74) is 11.8. The Labute approximate surface area is 130 Å². The summed E-state index contributed by atoms with van der Waals surface area (Å²) in [6.07, 6.45) is 5.31. The lowest BCUT2D eigenvalue weighted by Gasteiger charge is -2.18. The van der Waals surface area contributed by atoms with Crippen molar-refractivity contribution >= 4 is 33.7 Å². The van der Waals surface area contributed by atoms with Crippen molar-refractivity contribution in [3.05, 3.63) is 10.4 Å². The van der Waals surface area contributed by atoms with Gasteiger partial charge in [0, 0.05) is 13.0 Å². The van der Waals surface area contributed by atoms with E-state index in [0.29, 0.717) is 9.88 Å². The quantitative estimate of drug-likeness (QED) is 0.609. The maximum absolute atomic E-state index is 11.6. The molecule has 0 aliphatic carbocycles. The molecule has 1 aromatic heterocycles. The van der Waals surface area contributed by atoms with Gasteiger partial charge in [-0.3, -0.25) is 9.59 Å². The summed E-state index contributed by atoms with van der Waals surface area (Å²) in [7, 11) is 0. The monoisotopic (exact) mass is 311 g/mol. The van der Waals surface area contributed by atoms with Gasteiger partial charge < -0.3 is 16.8 Å². The van der Waals surface area contributed by atoms with Crippen molar-refractivity contribution in [2.75, 3.05) is 11.1 Å². The third-order valence-electron chi connectivity index (χ3n) is 3.39. The van der Waals surface area contributed by atoms with Gasteiger partial charge in [-0.25, -0.2) is 0 Å². The minimum Gasteiger partial charge on any atom is -0.397 e. The Morgan fingerprint density at radius 1 is 1.24 bits per heavy atom. The molecule has 1 amide bonds. The van der Waals surface area contributed by atoms with Crippen LogP contribution in [0.15, 0.2) is 0 Å². The molecular formula is C15H25N3O2S. The van der Waals surface area contributed by atoms with Gasteiger partial charge in [0.1, 0.15) is 5.00 Å². The predicted octanol–water partition coefficient (Wildman–Crippen LogP) is 3.40. The molecule has 0 spiro atoms. The van der Waals surface area contributed by atoms with E-state index in [4.69, 9.17) is 11.5 Å². The van der Waals surface area contributed by atoms with Gasteiger partial charge in [-0.15, -0.1) is 11.3 Å². The first-order valence-corrected chi connectivity index (χ1v) is 8.23. The van der Waals surface area contributed by atoms with Gasteiger partial charge in [0.05, 0.1) is 16.1 Å². The van der Waals surface area contributed by atoms with Gasteiger partial charge in [-0.05, 0) is 12.8 Å². The molecule has 1 rings (SSSR count). The molecule has 1 aromatic rings. The van der Waals surface area contributed by atoms with Crippen LogP contribution in [0.1, 0.15) is 72.9 Å². The second-order valence-electron chi connectivity index (χ2n) is 5.24.